The Morgan fingerprint density at radius 1 is 1.21 bits per heavy atom. The first-order valence-electron chi connectivity index (χ1n) is 5.25. The third kappa shape index (κ3) is 2.85. The Balaban J connectivity index is 3.04. The van der Waals surface area contributed by atoms with E-state index in [1.165, 1.54) is 11.1 Å². The first kappa shape index (κ1) is 11.3. The highest BCUT2D eigenvalue weighted by Crippen LogP contribution is 2.26. The highest BCUT2D eigenvalue weighted by molar-refractivity contribution is 5.33. The van der Waals surface area contributed by atoms with E-state index in [1.807, 2.05) is 0 Å². The van der Waals surface area contributed by atoms with Gasteiger partial charge in [-0.1, -0.05) is 45.0 Å². The Bertz CT molecular complexity index is 294. The van der Waals surface area contributed by atoms with Crippen LogP contribution in [0, 0.1) is 0 Å². The summed E-state index contributed by atoms with van der Waals surface area (Å²) in [6, 6.07) is 8.82. The van der Waals surface area contributed by atoms with Gasteiger partial charge in [0.15, 0.2) is 0 Å². The molecule has 0 amide bonds. The summed E-state index contributed by atoms with van der Waals surface area (Å²) in [7, 11) is 0. The Morgan fingerprint density at radius 3 is 2.29 bits per heavy atom. The molecule has 0 fully saturated rings. The van der Waals surface area contributed by atoms with Crippen LogP contribution in [-0.4, -0.2) is 6.04 Å². The monoisotopic (exact) mass is 191 g/mol. The lowest BCUT2D eigenvalue weighted by molar-refractivity contribution is 0.577. The highest BCUT2D eigenvalue weighted by atomic mass is 14.6. The van der Waals surface area contributed by atoms with Crippen molar-refractivity contribution in [1.82, 2.24) is 0 Å². The molecule has 0 radical (unpaired) electrons. The summed E-state index contributed by atoms with van der Waals surface area (Å²) in [6.45, 7) is 8.78. The molecule has 0 bridgehead atoms. The second kappa shape index (κ2) is 4.14. The average Bonchev–Trinajstić information content (AvgIpc) is 2.01. The Hall–Kier alpha value is -0.820. The molecule has 0 saturated carbocycles. The van der Waals surface area contributed by atoms with Gasteiger partial charge in [-0.3, -0.25) is 0 Å². The van der Waals surface area contributed by atoms with Crippen molar-refractivity contribution in [2.45, 2.75) is 45.6 Å². The predicted octanol–water partition coefficient (Wildman–Crippen LogP) is 2.87. The Kier molecular flexibility index (Phi) is 3.33. The molecular formula is C13H21N. The van der Waals surface area contributed by atoms with Crippen LogP contribution in [0.2, 0.25) is 0 Å². The van der Waals surface area contributed by atoms with Gasteiger partial charge in [-0.05, 0) is 29.9 Å². The fourth-order valence-corrected chi connectivity index (χ4v) is 1.78. The van der Waals surface area contributed by atoms with Gasteiger partial charge in [0.05, 0.1) is 0 Å². The van der Waals surface area contributed by atoms with Crippen LogP contribution in [0.1, 0.15) is 38.8 Å². The van der Waals surface area contributed by atoms with E-state index < -0.39 is 0 Å². The van der Waals surface area contributed by atoms with E-state index in [-0.39, 0.29) is 11.5 Å². The van der Waals surface area contributed by atoms with Crippen molar-refractivity contribution in [3.8, 4) is 0 Å². The van der Waals surface area contributed by atoms with Crippen molar-refractivity contribution in [3.63, 3.8) is 0 Å². The third-order valence-corrected chi connectivity index (χ3v) is 2.37. The lowest BCUT2D eigenvalue weighted by Crippen LogP contribution is -2.21. The molecule has 2 N–H and O–H groups in total. The summed E-state index contributed by atoms with van der Waals surface area (Å²) in [5, 5.41) is 0. The van der Waals surface area contributed by atoms with E-state index in [2.05, 4.69) is 52.0 Å². The number of rotatable bonds is 2. The molecule has 1 aromatic rings. The molecular weight excluding hydrogens is 170 g/mol. The van der Waals surface area contributed by atoms with E-state index in [4.69, 9.17) is 5.73 Å². The maximum absolute atomic E-state index is 5.84. The maximum atomic E-state index is 5.84. The summed E-state index contributed by atoms with van der Waals surface area (Å²) in [5.41, 5.74) is 8.85. The van der Waals surface area contributed by atoms with Gasteiger partial charge in [0.2, 0.25) is 0 Å². The van der Waals surface area contributed by atoms with Crippen molar-refractivity contribution < 1.29 is 0 Å². The topological polar surface area (TPSA) is 26.0 Å². The molecule has 0 aliphatic rings. The summed E-state index contributed by atoms with van der Waals surface area (Å²) in [5.74, 6) is 0. The van der Waals surface area contributed by atoms with Crippen molar-refractivity contribution in [3.05, 3.63) is 35.4 Å². The Morgan fingerprint density at radius 2 is 1.79 bits per heavy atom. The van der Waals surface area contributed by atoms with Crippen molar-refractivity contribution >= 4 is 0 Å². The second-order valence-corrected chi connectivity index (χ2v) is 5.09. The van der Waals surface area contributed by atoms with Crippen molar-refractivity contribution in [2.24, 2.45) is 5.73 Å². The zero-order chi connectivity index (χ0) is 10.8. The maximum Gasteiger partial charge on any atom is 0.00510 e. The SMILES string of the molecule is C[C@H](N)Cc1ccccc1C(C)(C)C. The summed E-state index contributed by atoms with van der Waals surface area (Å²) in [4.78, 5) is 0. The van der Waals surface area contributed by atoms with Crippen LogP contribution in [0.15, 0.2) is 24.3 Å². The molecule has 0 aromatic heterocycles. The molecule has 1 aromatic carbocycles. The lowest BCUT2D eigenvalue weighted by atomic mass is 9.82. The van der Waals surface area contributed by atoms with E-state index >= 15 is 0 Å². The van der Waals surface area contributed by atoms with E-state index in [0.29, 0.717) is 0 Å². The minimum Gasteiger partial charge on any atom is -0.328 e. The third-order valence-electron chi connectivity index (χ3n) is 2.37. The molecule has 1 heteroatoms. The van der Waals surface area contributed by atoms with Gasteiger partial charge in [-0.15, -0.1) is 0 Å². The first-order chi connectivity index (χ1) is 6.41. The van der Waals surface area contributed by atoms with Gasteiger partial charge in [0.25, 0.3) is 0 Å². The number of hydrogen-bond donors (Lipinski definition) is 1. The number of nitrogens with two attached hydrogens (primary N) is 1. The van der Waals surface area contributed by atoms with Gasteiger partial charge < -0.3 is 5.73 Å². The summed E-state index contributed by atoms with van der Waals surface area (Å²) in [6.07, 6.45) is 0.966. The molecule has 1 rings (SSSR count). The van der Waals surface area contributed by atoms with Crippen molar-refractivity contribution in [2.75, 3.05) is 0 Å². The molecule has 1 atom stereocenters. The molecule has 1 nitrogen and oxygen atoms in total. The highest BCUT2D eigenvalue weighted by Gasteiger charge is 2.17. The lowest BCUT2D eigenvalue weighted by Gasteiger charge is -2.23. The minimum absolute atomic E-state index is 0.214. The van der Waals surface area contributed by atoms with Crippen LogP contribution in [-0.2, 0) is 11.8 Å². The van der Waals surface area contributed by atoms with Crippen LogP contribution >= 0.6 is 0 Å². The summed E-state index contributed by atoms with van der Waals surface area (Å²) >= 11 is 0. The van der Waals surface area contributed by atoms with Crippen LogP contribution in [0.5, 0.6) is 0 Å². The minimum atomic E-state index is 0.214. The second-order valence-electron chi connectivity index (χ2n) is 5.09. The quantitative estimate of drug-likeness (QED) is 0.764. The molecule has 78 valence electrons. The molecule has 0 heterocycles. The number of benzene rings is 1. The van der Waals surface area contributed by atoms with Gasteiger partial charge in [-0.25, -0.2) is 0 Å². The standard InChI is InChI=1S/C13H21N/c1-10(14)9-11-7-5-6-8-12(11)13(2,3)4/h5-8,10H,9,14H2,1-4H3/t10-/m0/s1. The Labute approximate surface area is 87.3 Å². The van der Waals surface area contributed by atoms with Gasteiger partial charge >= 0.3 is 0 Å². The predicted molar refractivity (Wildman–Crippen MR) is 62.5 cm³/mol. The van der Waals surface area contributed by atoms with E-state index in [1.54, 1.807) is 0 Å². The zero-order valence-corrected chi connectivity index (χ0v) is 9.67. The summed E-state index contributed by atoms with van der Waals surface area (Å²) < 4.78 is 0. The molecule has 0 unspecified atom stereocenters. The van der Waals surface area contributed by atoms with Gasteiger partial charge in [0.1, 0.15) is 0 Å². The van der Waals surface area contributed by atoms with Crippen LogP contribution in [0.3, 0.4) is 0 Å². The van der Waals surface area contributed by atoms with Crippen LogP contribution < -0.4 is 5.73 Å². The zero-order valence-electron chi connectivity index (χ0n) is 9.67. The first-order valence-corrected chi connectivity index (χ1v) is 5.25. The fourth-order valence-electron chi connectivity index (χ4n) is 1.78. The van der Waals surface area contributed by atoms with Gasteiger partial charge in [0, 0.05) is 6.04 Å². The van der Waals surface area contributed by atoms with Crippen molar-refractivity contribution in [1.29, 1.82) is 0 Å². The largest absolute Gasteiger partial charge is 0.328 e. The molecule has 0 spiro atoms. The fraction of sp³-hybridized carbons (Fsp3) is 0.538. The number of hydrogen-bond acceptors (Lipinski definition) is 1. The van der Waals surface area contributed by atoms with E-state index in [9.17, 15) is 0 Å². The normalized spacial score (nSPS) is 14.1. The van der Waals surface area contributed by atoms with Crippen LogP contribution in [0.25, 0.3) is 0 Å². The van der Waals surface area contributed by atoms with Gasteiger partial charge in [-0.2, -0.15) is 0 Å². The molecule has 0 aliphatic heterocycles. The molecule has 14 heavy (non-hydrogen) atoms. The van der Waals surface area contributed by atoms with E-state index in [0.717, 1.165) is 6.42 Å². The van der Waals surface area contributed by atoms with Crippen LogP contribution in [0.4, 0.5) is 0 Å². The molecule has 0 aliphatic carbocycles. The average molecular weight is 191 g/mol. The smallest absolute Gasteiger partial charge is 0.00510 e. The molecule has 0 saturated heterocycles.